The normalized spacial score (nSPS) is 14.7. The number of pyridine rings is 1. The second-order valence-electron chi connectivity index (χ2n) is 4.32. The van der Waals surface area contributed by atoms with Crippen LogP contribution in [0.2, 0.25) is 0 Å². The molecule has 0 spiro atoms. The molecule has 0 unspecified atom stereocenters. The molecule has 1 aliphatic rings. The molecule has 102 valence electrons. The van der Waals surface area contributed by atoms with E-state index in [4.69, 9.17) is 4.74 Å². The zero-order valence-electron chi connectivity index (χ0n) is 11.1. The van der Waals surface area contributed by atoms with Crippen molar-refractivity contribution in [3.8, 4) is 0 Å². The fraction of sp³-hybridized carbons (Fsp3) is 0.429. The second kappa shape index (κ2) is 6.89. The van der Waals surface area contributed by atoms with Crippen LogP contribution in [0.3, 0.4) is 0 Å². The SMILES string of the molecule is CCOC(=O)c1ccc(NCC2=CCNCC2)nc1. The molecule has 0 aliphatic carbocycles. The van der Waals surface area contributed by atoms with Crippen LogP contribution in [0.5, 0.6) is 0 Å². The lowest BCUT2D eigenvalue weighted by molar-refractivity contribution is 0.0526. The van der Waals surface area contributed by atoms with Gasteiger partial charge in [0.25, 0.3) is 0 Å². The average Bonchev–Trinajstić information content (AvgIpc) is 2.47. The van der Waals surface area contributed by atoms with Crippen LogP contribution in [0.25, 0.3) is 0 Å². The van der Waals surface area contributed by atoms with E-state index in [1.165, 1.54) is 11.8 Å². The smallest absolute Gasteiger partial charge is 0.339 e. The molecule has 0 bridgehead atoms. The number of carbonyl (C=O) groups excluding carboxylic acids is 1. The van der Waals surface area contributed by atoms with Crippen LogP contribution in [-0.4, -0.2) is 37.2 Å². The minimum Gasteiger partial charge on any atom is -0.462 e. The summed E-state index contributed by atoms with van der Waals surface area (Å²) in [6, 6.07) is 3.53. The summed E-state index contributed by atoms with van der Waals surface area (Å²) >= 11 is 0. The highest BCUT2D eigenvalue weighted by Crippen LogP contribution is 2.09. The highest BCUT2D eigenvalue weighted by atomic mass is 16.5. The van der Waals surface area contributed by atoms with Crippen molar-refractivity contribution >= 4 is 11.8 Å². The van der Waals surface area contributed by atoms with E-state index in [2.05, 4.69) is 21.7 Å². The minimum atomic E-state index is -0.331. The van der Waals surface area contributed by atoms with Crippen molar-refractivity contribution in [2.24, 2.45) is 0 Å². The topological polar surface area (TPSA) is 63.2 Å². The first kappa shape index (κ1) is 13.5. The van der Waals surface area contributed by atoms with Crippen molar-refractivity contribution in [1.29, 1.82) is 0 Å². The number of anilines is 1. The van der Waals surface area contributed by atoms with E-state index < -0.39 is 0 Å². The molecule has 0 saturated carbocycles. The van der Waals surface area contributed by atoms with Gasteiger partial charge in [-0.3, -0.25) is 0 Å². The van der Waals surface area contributed by atoms with Gasteiger partial charge in [0.2, 0.25) is 0 Å². The highest BCUT2D eigenvalue weighted by Gasteiger charge is 2.07. The first-order valence-corrected chi connectivity index (χ1v) is 6.55. The van der Waals surface area contributed by atoms with E-state index in [0.29, 0.717) is 12.2 Å². The Morgan fingerprint density at radius 2 is 2.42 bits per heavy atom. The monoisotopic (exact) mass is 261 g/mol. The Morgan fingerprint density at radius 3 is 3.05 bits per heavy atom. The van der Waals surface area contributed by atoms with E-state index in [0.717, 1.165) is 31.9 Å². The largest absolute Gasteiger partial charge is 0.462 e. The lowest BCUT2D eigenvalue weighted by Crippen LogP contribution is -2.23. The van der Waals surface area contributed by atoms with Crippen LogP contribution >= 0.6 is 0 Å². The summed E-state index contributed by atoms with van der Waals surface area (Å²) in [5.74, 6) is 0.440. The van der Waals surface area contributed by atoms with Crippen LogP contribution in [-0.2, 0) is 4.74 Å². The number of hydrogen-bond donors (Lipinski definition) is 2. The van der Waals surface area contributed by atoms with Gasteiger partial charge in [-0.25, -0.2) is 9.78 Å². The van der Waals surface area contributed by atoms with Crippen molar-refractivity contribution in [3.05, 3.63) is 35.5 Å². The van der Waals surface area contributed by atoms with Gasteiger partial charge in [0.15, 0.2) is 0 Å². The molecule has 0 atom stereocenters. The Labute approximate surface area is 113 Å². The summed E-state index contributed by atoms with van der Waals surface area (Å²) in [5.41, 5.74) is 1.86. The first-order chi connectivity index (χ1) is 9.29. The van der Waals surface area contributed by atoms with Gasteiger partial charge in [0, 0.05) is 19.3 Å². The Balaban J connectivity index is 1.88. The van der Waals surface area contributed by atoms with Gasteiger partial charge in [-0.2, -0.15) is 0 Å². The molecule has 2 rings (SSSR count). The quantitative estimate of drug-likeness (QED) is 0.622. The predicted molar refractivity (Wildman–Crippen MR) is 74.3 cm³/mol. The number of esters is 1. The fourth-order valence-electron chi connectivity index (χ4n) is 1.87. The molecule has 1 aromatic rings. The maximum Gasteiger partial charge on any atom is 0.339 e. The lowest BCUT2D eigenvalue weighted by atomic mass is 10.1. The number of rotatable bonds is 5. The minimum absolute atomic E-state index is 0.331. The summed E-state index contributed by atoms with van der Waals surface area (Å²) in [4.78, 5) is 15.7. The summed E-state index contributed by atoms with van der Waals surface area (Å²) in [5, 5.41) is 6.53. The average molecular weight is 261 g/mol. The Morgan fingerprint density at radius 1 is 1.53 bits per heavy atom. The Hall–Kier alpha value is -1.88. The maximum absolute atomic E-state index is 11.5. The first-order valence-electron chi connectivity index (χ1n) is 6.55. The van der Waals surface area contributed by atoms with Gasteiger partial charge in [-0.05, 0) is 32.0 Å². The molecule has 5 heteroatoms. The van der Waals surface area contributed by atoms with Gasteiger partial charge >= 0.3 is 5.97 Å². The fourth-order valence-corrected chi connectivity index (χ4v) is 1.87. The third-order valence-corrected chi connectivity index (χ3v) is 2.93. The molecular weight excluding hydrogens is 242 g/mol. The summed E-state index contributed by atoms with van der Waals surface area (Å²) in [6.07, 6.45) is 4.80. The number of ether oxygens (including phenoxy) is 1. The van der Waals surface area contributed by atoms with E-state index >= 15 is 0 Å². The summed E-state index contributed by atoms with van der Waals surface area (Å²) in [7, 11) is 0. The molecule has 1 aromatic heterocycles. The zero-order chi connectivity index (χ0) is 13.5. The van der Waals surface area contributed by atoms with Crippen LogP contribution < -0.4 is 10.6 Å². The van der Waals surface area contributed by atoms with Gasteiger partial charge in [0.1, 0.15) is 5.82 Å². The number of nitrogens with one attached hydrogen (secondary N) is 2. The molecule has 2 N–H and O–H groups in total. The van der Waals surface area contributed by atoms with Crippen LogP contribution in [0.1, 0.15) is 23.7 Å². The standard InChI is InChI=1S/C14H19N3O2/c1-2-19-14(18)12-3-4-13(17-10-12)16-9-11-5-7-15-8-6-11/h3-5,10,15H,2,6-9H2,1H3,(H,16,17). The molecule has 5 nitrogen and oxygen atoms in total. The van der Waals surface area contributed by atoms with Gasteiger partial charge in [0.05, 0.1) is 12.2 Å². The van der Waals surface area contributed by atoms with Crippen LogP contribution in [0.4, 0.5) is 5.82 Å². The zero-order valence-corrected chi connectivity index (χ0v) is 11.1. The lowest BCUT2D eigenvalue weighted by Gasteiger charge is -2.14. The van der Waals surface area contributed by atoms with E-state index in [1.54, 1.807) is 19.1 Å². The molecule has 0 saturated heterocycles. The van der Waals surface area contributed by atoms with Crippen molar-refractivity contribution in [2.45, 2.75) is 13.3 Å². The highest BCUT2D eigenvalue weighted by molar-refractivity contribution is 5.89. The maximum atomic E-state index is 11.5. The molecule has 19 heavy (non-hydrogen) atoms. The molecular formula is C14H19N3O2. The van der Waals surface area contributed by atoms with Crippen LogP contribution in [0, 0.1) is 0 Å². The van der Waals surface area contributed by atoms with Gasteiger partial charge < -0.3 is 15.4 Å². The van der Waals surface area contributed by atoms with Gasteiger partial charge in [-0.1, -0.05) is 11.6 Å². The number of carbonyl (C=O) groups is 1. The Bertz CT molecular complexity index is 454. The molecule has 0 radical (unpaired) electrons. The number of nitrogens with zero attached hydrogens (tertiary/aromatic N) is 1. The third kappa shape index (κ3) is 4.06. The molecule has 0 fully saturated rings. The second-order valence-corrected chi connectivity index (χ2v) is 4.32. The number of hydrogen-bond acceptors (Lipinski definition) is 5. The predicted octanol–water partition coefficient (Wildman–Crippen LogP) is 1.59. The van der Waals surface area contributed by atoms with E-state index in [1.807, 2.05) is 0 Å². The van der Waals surface area contributed by atoms with E-state index in [9.17, 15) is 4.79 Å². The van der Waals surface area contributed by atoms with Crippen molar-refractivity contribution in [3.63, 3.8) is 0 Å². The number of aromatic nitrogens is 1. The molecule has 2 heterocycles. The van der Waals surface area contributed by atoms with Crippen LogP contribution in [0.15, 0.2) is 30.0 Å². The molecule has 1 aliphatic heterocycles. The van der Waals surface area contributed by atoms with E-state index in [-0.39, 0.29) is 5.97 Å². The van der Waals surface area contributed by atoms with Gasteiger partial charge in [-0.15, -0.1) is 0 Å². The third-order valence-electron chi connectivity index (χ3n) is 2.93. The molecule has 0 aromatic carbocycles. The van der Waals surface area contributed by atoms with Crippen molar-refractivity contribution in [2.75, 3.05) is 31.6 Å². The summed E-state index contributed by atoms with van der Waals surface area (Å²) in [6.45, 7) is 4.93. The Kier molecular flexibility index (Phi) is 4.92. The van der Waals surface area contributed by atoms with Crippen molar-refractivity contribution in [1.82, 2.24) is 10.3 Å². The molecule has 0 amide bonds. The summed E-state index contributed by atoms with van der Waals surface area (Å²) < 4.78 is 4.91. The van der Waals surface area contributed by atoms with Crippen molar-refractivity contribution < 1.29 is 9.53 Å².